The van der Waals surface area contributed by atoms with Crippen molar-refractivity contribution in [2.75, 3.05) is 40.3 Å². The van der Waals surface area contributed by atoms with E-state index >= 15 is 0 Å². The lowest BCUT2D eigenvalue weighted by Gasteiger charge is -2.30. The quantitative estimate of drug-likeness (QED) is 0.695. The van der Waals surface area contributed by atoms with Crippen LogP contribution in [0.25, 0.3) is 0 Å². The van der Waals surface area contributed by atoms with Gasteiger partial charge in [0.05, 0.1) is 4.99 Å². The van der Waals surface area contributed by atoms with Gasteiger partial charge in [0.15, 0.2) is 0 Å². The molecule has 7 heteroatoms. The Labute approximate surface area is 118 Å². The van der Waals surface area contributed by atoms with Crippen LogP contribution < -0.4 is 5.73 Å². The van der Waals surface area contributed by atoms with Crippen LogP contribution in [0.5, 0.6) is 0 Å². The van der Waals surface area contributed by atoms with E-state index in [1.807, 2.05) is 32.8 Å². The maximum absolute atomic E-state index is 12.9. The van der Waals surface area contributed by atoms with Gasteiger partial charge in [0.1, 0.15) is 5.92 Å². The number of hydrogen-bond donors (Lipinski definition) is 1. The second-order valence-electron chi connectivity index (χ2n) is 5.45. The van der Waals surface area contributed by atoms with Crippen LogP contribution in [0.1, 0.15) is 13.8 Å². The van der Waals surface area contributed by atoms with E-state index < -0.39 is 17.1 Å². The standard InChI is InChI=1S/C12H24F3N3S/c1-9(2)7-18(6-5-17(3)4)8-10(11(16)19)12(13,14)15/h9-10H,5-8H2,1-4H3,(H2,16,19). The van der Waals surface area contributed by atoms with E-state index in [0.29, 0.717) is 25.6 Å². The van der Waals surface area contributed by atoms with Crippen LogP contribution in [-0.2, 0) is 0 Å². The monoisotopic (exact) mass is 299 g/mol. The van der Waals surface area contributed by atoms with Gasteiger partial charge < -0.3 is 15.5 Å². The second-order valence-corrected chi connectivity index (χ2v) is 5.92. The van der Waals surface area contributed by atoms with Crippen molar-refractivity contribution in [1.29, 1.82) is 0 Å². The smallest absolute Gasteiger partial charge is 0.393 e. The number of rotatable bonds is 8. The van der Waals surface area contributed by atoms with Gasteiger partial charge in [0, 0.05) is 26.2 Å². The summed E-state index contributed by atoms with van der Waals surface area (Å²) in [7, 11) is 3.78. The Kier molecular flexibility index (Phi) is 7.85. The molecule has 0 saturated heterocycles. The molecular formula is C12H24F3N3S. The number of nitrogens with zero attached hydrogens (tertiary/aromatic N) is 2. The summed E-state index contributed by atoms with van der Waals surface area (Å²) in [4.78, 5) is 3.24. The molecule has 0 aliphatic carbocycles. The fraction of sp³-hybridized carbons (Fsp3) is 0.917. The van der Waals surface area contributed by atoms with Crippen LogP contribution in [0.15, 0.2) is 0 Å². The Morgan fingerprint density at radius 3 is 2.00 bits per heavy atom. The summed E-state index contributed by atoms with van der Waals surface area (Å²) < 4.78 is 38.6. The Morgan fingerprint density at radius 2 is 1.68 bits per heavy atom. The van der Waals surface area contributed by atoms with Crippen LogP contribution >= 0.6 is 12.2 Å². The zero-order valence-corrected chi connectivity index (χ0v) is 12.8. The largest absolute Gasteiger partial charge is 0.399 e. The SMILES string of the molecule is CC(C)CN(CCN(C)C)CC(C(N)=S)C(F)(F)F. The lowest BCUT2D eigenvalue weighted by Crippen LogP contribution is -2.46. The third-order valence-electron chi connectivity index (χ3n) is 2.67. The highest BCUT2D eigenvalue weighted by molar-refractivity contribution is 7.80. The minimum Gasteiger partial charge on any atom is -0.393 e. The molecule has 0 spiro atoms. The molecule has 0 rings (SSSR count). The molecule has 0 saturated carbocycles. The predicted octanol–water partition coefficient (Wildman–Crippen LogP) is 1.97. The van der Waals surface area contributed by atoms with Gasteiger partial charge in [-0.2, -0.15) is 13.2 Å². The summed E-state index contributed by atoms with van der Waals surface area (Å²) in [6.45, 7) is 5.67. The van der Waals surface area contributed by atoms with Gasteiger partial charge >= 0.3 is 6.18 Å². The third kappa shape index (κ3) is 8.39. The first-order chi connectivity index (χ1) is 8.54. The fourth-order valence-corrected chi connectivity index (χ4v) is 1.94. The van der Waals surface area contributed by atoms with E-state index in [0.717, 1.165) is 0 Å². The van der Waals surface area contributed by atoms with Crippen LogP contribution in [0, 0.1) is 11.8 Å². The molecule has 0 aromatic carbocycles. The van der Waals surface area contributed by atoms with Gasteiger partial charge in [0.25, 0.3) is 0 Å². The predicted molar refractivity (Wildman–Crippen MR) is 76.2 cm³/mol. The van der Waals surface area contributed by atoms with E-state index in [2.05, 4.69) is 12.2 Å². The minimum absolute atomic E-state index is 0.162. The summed E-state index contributed by atoms with van der Waals surface area (Å²) in [6.07, 6.45) is -4.38. The number of halogens is 3. The molecule has 0 aromatic heterocycles. The second kappa shape index (κ2) is 8.01. The van der Waals surface area contributed by atoms with Gasteiger partial charge in [-0.25, -0.2) is 0 Å². The molecule has 2 N–H and O–H groups in total. The van der Waals surface area contributed by atoms with E-state index in [1.54, 1.807) is 4.90 Å². The number of hydrogen-bond acceptors (Lipinski definition) is 3. The highest BCUT2D eigenvalue weighted by Crippen LogP contribution is 2.27. The first kappa shape index (κ1) is 18.6. The molecule has 0 aliphatic heterocycles. The molecule has 19 heavy (non-hydrogen) atoms. The van der Waals surface area contributed by atoms with E-state index in [9.17, 15) is 13.2 Å². The number of likely N-dealkylation sites (N-methyl/N-ethyl adjacent to an activating group) is 1. The van der Waals surface area contributed by atoms with Gasteiger partial charge in [-0.1, -0.05) is 26.1 Å². The fourth-order valence-electron chi connectivity index (χ4n) is 1.73. The van der Waals surface area contributed by atoms with Gasteiger partial charge in [-0.3, -0.25) is 0 Å². The van der Waals surface area contributed by atoms with Crippen molar-refractivity contribution >= 4 is 17.2 Å². The Bertz CT molecular complexity index is 280. The van der Waals surface area contributed by atoms with Crippen LogP contribution in [0.4, 0.5) is 13.2 Å². The van der Waals surface area contributed by atoms with Crippen molar-refractivity contribution < 1.29 is 13.2 Å². The molecule has 0 aromatic rings. The minimum atomic E-state index is -4.38. The van der Waals surface area contributed by atoms with Crippen molar-refractivity contribution in [1.82, 2.24) is 9.80 Å². The van der Waals surface area contributed by atoms with Crippen molar-refractivity contribution in [2.45, 2.75) is 20.0 Å². The first-order valence-corrected chi connectivity index (χ1v) is 6.68. The topological polar surface area (TPSA) is 32.5 Å². The van der Waals surface area contributed by atoms with Gasteiger partial charge in [-0.15, -0.1) is 0 Å². The number of nitrogens with two attached hydrogens (primary N) is 1. The van der Waals surface area contributed by atoms with Crippen molar-refractivity contribution in [3.63, 3.8) is 0 Å². The molecule has 0 aliphatic rings. The zero-order chi connectivity index (χ0) is 15.2. The molecule has 0 fully saturated rings. The average Bonchev–Trinajstić information content (AvgIpc) is 2.18. The highest BCUT2D eigenvalue weighted by Gasteiger charge is 2.42. The summed E-state index contributed by atoms with van der Waals surface area (Å²) >= 11 is 4.55. The summed E-state index contributed by atoms with van der Waals surface area (Å²) in [5, 5.41) is 0. The van der Waals surface area contributed by atoms with Crippen LogP contribution in [0.3, 0.4) is 0 Å². The molecule has 0 heterocycles. The molecule has 114 valence electrons. The van der Waals surface area contributed by atoms with E-state index in [1.165, 1.54) is 0 Å². The number of alkyl halides is 3. The molecule has 0 radical (unpaired) electrons. The third-order valence-corrected chi connectivity index (χ3v) is 2.95. The molecule has 1 atom stereocenters. The molecule has 1 unspecified atom stereocenters. The summed E-state index contributed by atoms with van der Waals surface area (Å²) in [6, 6.07) is 0. The van der Waals surface area contributed by atoms with Crippen LogP contribution in [0.2, 0.25) is 0 Å². The normalized spacial score (nSPS) is 14.4. The van der Waals surface area contributed by atoms with Gasteiger partial charge in [-0.05, 0) is 20.0 Å². The number of thiocarbonyl (C=S) groups is 1. The Morgan fingerprint density at radius 1 is 1.16 bits per heavy atom. The van der Waals surface area contributed by atoms with E-state index in [-0.39, 0.29) is 6.54 Å². The van der Waals surface area contributed by atoms with Crippen molar-refractivity contribution in [3.05, 3.63) is 0 Å². The summed E-state index contributed by atoms with van der Waals surface area (Å²) in [5.74, 6) is -1.44. The zero-order valence-electron chi connectivity index (χ0n) is 12.0. The lowest BCUT2D eigenvalue weighted by molar-refractivity contribution is -0.159. The Balaban J connectivity index is 4.70. The molecule has 3 nitrogen and oxygen atoms in total. The maximum Gasteiger partial charge on any atom is 0.399 e. The highest BCUT2D eigenvalue weighted by atomic mass is 32.1. The maximum atomic E-state index is 12.9. The average molecular weight is 299 g/mol. The van der Waals surface area contributed by atoms with Crippen LogP contribution in [-0.4, -0.2) is 61.2 Å². The lowest BCUT2D eigenvalue weighted by atomic mass is 10.1. The Hall–Kier alpha value is -0.400. The molecule has 0 bridgehead atoms. The van der Waals surface area contributed by atoms with Crippen molar-refractivity contribution in [2.24, 2.45) is 17.6 Å². The first-order valence-electron chi connectivity index (χ1n) is 6.27. The molecule has 0 amide bonds. The molecular weight excluding hydrogens is 275 g/mol. The van der Waals surface area contributed by atoms with E-state index in [4.69, 9.17) is 5.73 Å². The summed E-state index contributed by atoms with van der Waals surface area (Å²) in [5.41, 5.74) is 5.23. The van der Waals surface area contributed by atoms with Gasteiger partial charge in [0.2, 0.25) is 0 Å². The van der Waals surface area contributed by atoms with Crippen molar-refractivity contribution in [3.8, 4) is 0 Å².